The minimum atomic E-state index is -4.45. The Labute approximate surface area is 252 Å². The Morgan fingerprint density at radius 1 is 1.05 bits per heavy atom. The number of amides is 1. The number of aliphatic carboxylic acids is 1. The largest absolute Gasteiger partial charge is 0.480 e. The van der Waals surface area contributed by atoms with Crippen molar-refractivity contribution >= 4 is 67.5 Å². The van der Waals surface area contributed by atoms with Gasteiger partial charge in [0.25, 0.3) is 15.9 Å². The maximum atomic E-state index is 14.1. The van der Waals surface area contributed by atoms with Crippen LogP contribution in [0.3, 0.4) is 0 Å². The first-order valence-electron chi connectivity index (χ1n) is 12.8. The van der Waals surface area contributed by atoms with Crippen LogP contribution in [0.2, 0.25) is 10.0 Å². The smallest absolute Gasteiger partial charge is 0.328 e. The van der Waals surface area contributed by atoms with E-state index in [0.29, 0.717) is 35.7 Å². The average molecular weight is 633 g/mol. The van der Waals surface area contributed by atoms with Crippen LogP contribution in [0.5, 0.6) is 0 Å². The quantitative estimate of drug-likeness (QED) is 0.308. The third-order valence-corrected chi connectivity index (χ3v) is 8.95. The first-order valence-corrected chi connectivity index (χ1v) is 15.0. The summed E-state index contributed by atoms with van der Waals surface area (Å²) in [7, 11) is -4.45. The molecular weight excluding hydrogens is 605 g/mol. The Kier molecular flexibility index (Phi) is 7.92. The summed E-state index contributed by atoms with van der Waals surface area (Å²) in [5.41, 5.74) is -0.179. The molecule has 11 nitrogen and oxygen atoms in total. The van der Waals surface area contributed by atoms with Crippen LogP contribution in [0, 0.1) is 5.41 Å². The number of halogens is 2. The minimum absolute atomic E-state index is 0.0109. The molecule has 0 radical (unpaired) electrons. The van der Waals surface area contributed by atoms with Crippen LogP contribution in [-0.2, 0) is 24.3 Å². The van der Waals surface area contributed by atoms with Gasteiger partial charge < -0.3 is 9.84 Å². The van der Waals surface area contributed by atoms with Crippen LogP contribution in [-0.4, -0.2) is 65.7 Å². The number of aromatic nitrogens is 3. The van der Waals surface area contributed by atoms with Crippen LogP contribution in [0.25, 0.3) is 16.7 Å². The van der Waals surface area contributed by atoms with Gasteiger partial charge in [0.1, 0.15) is 12.6 Å². The summed E-state index contributed by atoms with van der Waals surface area (Å²) < 4.78 is 36.0. The molecular formula is C28H27Cl2N5O6S. The van der Waals surface area contributed by atoms with Gasteiger partial charge in [0, 0.05) is 21.6 Å². The number of rotatable bonds is 7. The van der Waals surface area contributed by atoms with Crippen LogP contribution in [0.1, 0.15) is 20.8 Å². The lowest BCUT2D eigenvalue weighted by Gasteiger charge is -2.37. The molecule has 0 spiro atoms. The van der Waals surface area contributed by atoms with E-state index >= 15 is 0 Å². The number of hydrogen-bond acceptors (Lipinski definition) is 7. The van der Waals surface area contributed by atoms with Crippen molar-refractivity contribution in [3.05, 3.63) is 71.1 Å². The molecule has 14 heteroatoms. The van der Waals surface area contributed by atoms with Crippen molar-refractivity contribution in [2.24, 2.45) is 5.41 Å². The summed E-state index contributed by atoms with van der Waals surface area (Å²) in [6, 6.07) is 8.98. The van der Waals surface area contributed by atoms with Gasteiger partial charge in [-0.3, -0.25) is 18.6 Å². The molecule has 0 bridgehead atoms. The molecule has 1 fully saturated rings. The van der Waals surface area contributed by atoms with Crippen molar-refractivity contribution in [2.75, 3.05) is 29.0 Å². The van der Waals surface area contributed by atoms with Crippen molar-refractivity contribution in [3.63, 3.8) is 0 Å². The SMILES string of the molecule is CC(C)(C)C(C(=O)O)N(c1ccc2c(ccn2-c2cnc(N3CCOCC3=O)cn2)c1)S(=O)(=O)c1cc(Cl)cc(Cl)c1. The van der Waals surface area contributed by atoms with E-state index in [2.05, 4.69) is 9.97 Å². The molecule has 42 heavy (non-hydrogen) atoms. The number of carbonyl (C=O) groups is 2. The number of morpholine rings is 1. The van der Waals surface area contributed by atoms with E-state index in [9.17, 15) is 23.1 Å². The van der Waals surface area contributed by atoms with Gasteiger partial charge in [-0.15, -0.1) is 0 Å². The highest BCUT2D eigenvalue weighted by atomic mass is 35.5. The Balaban J connectivity index is 1.58. The standard InChI is InChI=1S/C28H27Cl2N5O6S/c1-28(2,3)26(27(37)38)35(42(39,40)21-12-18(29)11-19(30)13-21)20-4-5-22-17(10-20)6-7-33(22)23-14-32-24(15-31-23)34-8-9-41-16-25(34)36/h4-7,10-15,26H,8-9,16H2,1-3H3,(H,37,38). The number of sulfonamides is 1. The summed E-state index contributed by atoms with van der Waals surface area (Å²) in [5, 5.41) is 11.1. The third kappa shape index (κ3) is 5.67. The summed E-state index contributed by atoms with van der Waals surface area (Å²) in [6.45, 7) is 5.75. The maximum Gasteiger partial charge on any atom is 0.328 e. The zero-order valence-electron chi connectivity index (χ0n) is 22.9. The molecule has 3 heterocycles. The molecule has 220 valence electrons. The fourth-order valence-electron chi connectivity index (χ4n) is 4.85. The lowest BCUT2D eigenvalue weighted by atomic mass is 9.86. The molecule has 1 aliphatic rings. The van der Waals surface area contributed by atoms with E-state index in [0.717, 1.165) is 4.31 Å². The van der Waals surface area contributed by atoms with Gasteiger partial charge in [-0.2, -0.15) is 0 Å². The maximum absolute atomic E-state index is 14.1. The van der Waals surface area contributed by atoms with Crippen molar-refractivity contribution in [1.29, 1.82) is 0 Å². The number of nitrogens with zero attached hydrogens (tertiary/aromatic N) is 5. The molecule has 1 atom stereocenters. The molecule has 2 aromatic heterocycles. The van der Waals surface area contributed by atoms with Crippen molar-refractivity contribution in [3.8, 4) is 5.82 Å². The van der Waals surface area contributed by atoms with Gasteiger partial charge in [-0.25, -0.2) is 23.2 Å². The number of anilines is 2. The summed E-state index contributed by atoms with van der Waals surface area (Å²) in [4.78, 5) is 34.9. The summed E-state index contributed by atoms with van der Waals surface area (Å²) >= 11 is 12.2. The van der Waals surface area contributed by atoms with Gasteiger partial charge in [0.05, 0.1) is 41.6 Å². The third-order valence-electron chi connectivity index (χ3n) is 6.74. The number of carboxylic acid groups (broad SMARTS) is 1. The predicted molar refractivity (Wildman–Crippen MR) is 159 cm³/mol. The highest BCUT2D eigenvalue weighted by Gasteiger charge is 2.43. The van der Waals surface area contributed by atoms with Gasteiger partial charge >= 0.3 is 5.97 Å². The Hall–Kier alpha value is -3.71. The van der Waals surface area contributed by atoms with Gasteiger partial charge in [0.2, 0.25) is 0 Å². The molecule has 0 saturated carbocycles. The fourth-order valence-corrected chi connectivity index (χ4v) is 7.35. The zero-order valence-corrected chi connectivity index (χ0v) is 25.2. The Morgan fingerprint density at radius 2 is 1.71 bits per heavy atom. The van der Waals surface area contributed by atoms with Crippen LogP contribution >= 0.6 is 23.2 Å². The van der Waals surface area contributed by atoms with E-state index in [-0.39, 0.29) is 33.1 Å². The second-order valence-electron chi connectivity index (χ2n) is 10.8. The number of fused-ring (bicyclic) bond motifs is 1. The molecule has 1 saturated heterocycles. The van der Waals surface area contributed by atoms with Crippen molar-refractivity contribution < 1.29 is 27.9 Å². The highest BCUT2D eigenvalue weighted by Crippen LogP contribution is 2.37. The van der Waals surface area contributed by atoms with Crippen molar-refractivity contribution in [2.45, 2.75) is 31.7 Å². The Morgan fingerprint density at radius 3 is 2.31 bits per heavy atom. The first-order chi connectivity index (χ1) is 19.8. The van der Waals surface area contributed by atoms with Crippen LogP contribution in [0.15, 0.2) is 66.0 Å². The van der Waals surface area contributed by atoms with Crippen LogP contribution in [0.4, 0.5) is 11.5 Å². The van der Waals surface area contributed by atoms with E-state index in [4.69, 9.17) is 27.9 Å². The number of carbonyl (C=O) groups excluding carboxylic acids is 1. The topological polar surface area (TPSA) is 135 Å². The Bertz CT molecular complexity index is 1770. The lowest BCUT2D eigenvalue weighted by Crippen LogP contribution is -2.52. The number of carboxylic acids is 1. The molecule has 1 unspecified atom stereocenters. The van der Waals surface area contributed by atoms with Gasteiger partial charge in [0.15, 0.2) is 11.6 Å². The molecule has 1 aliphatic heterocycles. The summed E-state index contributed by atoms with van der Waals surface area (Å²) in [5.74, 6) is -0.629. The van der Waals surface area contributed by atoms with Crippen LogP contribution < -0.4 is 9.21 Å². The van der Waals surface area contributed by atoms with Gasteiger partial charge in [-0.05, 0) is 47.9 Å². The normalized spacial score (nSPS) is 15.2. The zero-order chi connectivity index (χ0) is 30.4. The van der Waals surface area contributed by atoms with E-state index in [1.807, 2.05) is 0 Å². The number of ether oxygens (including phenoxy) is 1. The molecule has 2 aromatic carbocycles. The van der Waals surface area contributed by atoms with Gasteiger partial charge in [-0.1, -0.05) is 44.0 Å². The van der Waals surface area contributed by atoms with E-state index in [1.54, 1.807) is 55.8 Å². The molecule has 5 rings (SSSR count). The van der Waals surface area contributed by atoms with E-state index < -0.39 is 27.4 Å². The number of benzene rings is 2. The van der Waals surface area contributed by atoms with Crippen molar-refractivity contribution in [1.82, 2.24) is 14.5 Å². The van der Waals surface area contributed by atoms with E-state index in [1.165, 1.54) is 35.5 Å². The average Bonchev–Trinajstić information content (AvgIpc) is 3.34. The summed E-state index contributed by atoms with van der Waals surface area (Å²) in [6.07, 6.45) is 4.78. The fraction of sp³-hybridized carbons (Fsp3) is 0.286. The minimum Gasteiger partial charge on any atom is -0.480 e. The molecule has 1 amide bonds. The second kappa shape index (κ2) is 11.2. The molecule has 4 aromatic rings. The lowest BCUT2D eigenvalue weighted by molar-refractivity contribution is -0.140. The monoisotopic (exact) mass is 631 g/mol. The second-order valence-corrected chi connectivity index (χ2v) is 13.5. The predicted octanol–water partition coefficient (Wildman–Crippen LogP) is 4.79. The first kappa shape index (κ1) is 29.8. The number of hydrogen-bond donors (Lipinski definition) is 1. The molecule has 0 aliphatic carbocycles. The highest BCUT2D eigenvalue weighted by molar-refractivity contribution is 7.93. The molecule has 1 N–H and O–H groups in total.